The molecule has 0 spiro atoms. The number of carbonyl (C=O) groups is 2. The zero-order valence-corrected chi connectivity index (χ0v) is 15.9. The first-order valence-electron chi connectivity index (χ1n) is 8.34. The lowest BCUT2D eigenvalue weighted by atomic mass is 9.98. The van der Waals surface area contributed by atoms with Crippen LogP contribution >= 0.6 is 22.9 Å². The molecule has 0 saturated carbocycles. The molecule has 3 aromatic rings. The first kappa shape index (κ1) is 17.7. The number of aryl methyl sites for hydroxylation is 1. The SMILES string of the molecule is Cc1sc(NC(=O)[C@H]2Cc3ccccc3C(=O)O2)nc1-c1ccc(Cl)cc1. The number of anilines is 1. The number of halogens is 1. The van der Waals surface area contributed by atoms with Crippen LogP contribution in [0.5, 0.6) is 0 Å². The average molecular weight is 399 g/mol. The number of rotatable bonds is 3. The van der Waals surface area contributed by atoms with Crippen molar-refractivity contribution in [3.05, 3.63) is 69.6 Å². The fourth-order valence-electron chi connectivity index (χ4n) is 2.99. The van der Waals surface area contributed by atoms with Gasteiger partial charge in [0, 0.05) is 21.9 Å². The van der Waals surface area contributed by atoms with Crippen LogP contribution < -0.4 is 5.32 Å². The third-order valence-electron chi connectivity index (χ3n) is 4.33. The summed E-state index contributed by atoms with van der Waals surface area (Å²) in [5.41, 5.74) is 3.03. The van der Waals surface area contributed by atoms with Crippen LogP contribution in [0.3, 0.4) is 0 Å². The van der Waals surface area contributed by atoms with E-state index in [2.05, 4.69) is 10.3 Å². The van der Waals surface area contributed by atoms with E-state index in [-0.39, 0.29) is 5.91 Å². The van der Waals surface area contributed by atoms with E-state index in [1.165, 1.54) is 11.3 Å². The monoisotopic (exact) mass is 398 g/mol. The van der Waals surface area contributed by atoms with Crippen molar-refractivity contribution in [2.45, 2.75) is 19.4 Å². The van der Waals surface area contributed by atoms with Crippen molar-refractivity contribution in [1.29, 1.82) is 0 Å². The zero-order chi connectivity index (χ0) is 19.0. The van der Waals surface area contributed by atoms with Gasteiger partial charge in [-0.25, -0.2) is 9.78 Å². The molecule has 0 saturated heterocycles. The normalized spacial score (nSPS) is 15.8. The highest BCUT2D eigenvalue weighted by Gasteiger charge is 2.31. The summed E-state index contributed by atoms with van der Waals surface area (Å²) in [5.74, 6) is -0.858. The molecule has 4 rings (SSSR count). The summed E-state index contributed by atoms with van der Waals surface area (Å²) in [4.78, 5) is 30.2. The molecule has 0 fully saturated rings. The largest absolute Gasteiger partial charge is 0.448 e. The third kappa shape index (κ3) is 3.59. The van der Waals surface area contributed by atoms with E-state index in [4.69, 9.17) is 16.3 Å². The van der Waals surface area contributed by atoms with E-state index in [9.17, 15) is 9.59 Å². The number of benzene rings is 2. The number of aromatic nitrogens is 1. The van der Waals surface area contributed by atoms with Crippen molar-refractivity contribution >= 4 is 39.9 Å². The number of cyclic esters (lactones) is 1. The lowest BCUT2D eigenvalue weighted by molar-refractivity contribution is -0.125. The first-order valence-corrected chi connectivity index (χ1v) is 9.54. The van der Waals surface area contributed by atoms with E-state index < -0.39 is 12.1 Å². The van der Waals surface area contributed by atoms with E-state index in [1.807, 2.05) is 31.2 Å². The number of nitrogens with one attached hydrogen (secondary N) is 1. The molecule has 136 valence electrons. The summed E-state index contributed by atoms with van der Waals surface area (Å²) in [7, 11) is 0. The number of hydrogen-bond acceptors (Lipinski definition) is 5. The molecule has 1 atom stereocenters. The molecule has 27 heavy (non-hydrogen) atoms. The zero-order valence-electron chi connectivity index (χ0n) is 14.4. The van der Waals surface area contributed by atoms with Gasteiger partial charge in [-0.2, -0.15) is 0 Å². The molecule has 1 N–H and O–H groups in total. The second kappa shape index (κ2) is 7.13. The maximum absolute atomic E-state index is 12.6. The van der Waals surface area contributed by atoms with Gasteiger partial charge in [-0.15, -0.1) is 11.3 Å². The predicted octanol–water partition coefficient (Wildman–Crippen LogP) is 4.49. The molecular formula is C20H15ClN2O3S. The topological polar surface area (TPSA) is 68.3 Å². The van der Waals surface area contributed by atoms with Gasteiger partial charge in [0.2, 0.25) is 0 Å². The van der Waals surface area contributed by atoms with E-state index in [0.29, 0.717) is 22.1 Å². The molecule has 0 aliphatic carbocycles. The van der Waals surface area contributed by atoms with Gasteiger partial charge in [-0.1, -0.05) is 41.9 Å². The fourth-order valence-corrected chi connectivity index (χ4v) is 3.95. The molecule has 1 aliphatic heterocycles. The molecule has 1 aromatic heterocycles. The Hall–Kier alpha value is -2.70. The molecule has 5 nitrogen and oxygen atoms in total. The Balaban J connectivity index is 1.52. The van der Waals surface area contributed by atoms with Crippen LogP contribution in [-0.4, -0.2) is 23.0 Å². The molecule has 1 amide bonds. The summed E-state index contributed by atoms with van der Waals surface area (Å²) >= 11 is 7.31. The van der Waals surface area contributed by atoms with Crippen LogP contribution in [-0.2, 0) is 16.0 Å². The van der Waals surface area contributed by atoms with Gasteiger partial charge >= 0.3 is 5.97 Å². The second-order valence-electron chi connectivity index (χ2n) is 6.18. The smallest absolute Gasteiger partial charge is 0.339 e. The number of thiazole rings is 1. The van der Waals surface area contributed by atoms with Crippen LogP contribution in [0.2, 0.25) is 5.02 Å². The number of carbonyl (C=O) groups excluding carboxylic acids is 2. The van der Waals surface area contributed by atoms with Crippen molar-refractivity contribution in [2.75, 3.05) is 5.32 Å². The molecule has 1 aliphatic rings. The fraction of sp³-hybridized carbons (Fsp3) is 0.150. The Morgan fingerprint density at radius 3 is 2.74 bits per heavy atom. The van der Waals surface area contributed by atoms with Gasteiger partial charge in [0.1, 0.15) is 0 Å². The number of hydrogen-bond donors (Lipinski definition) is 1. The van der Waals surface area contributed by atoms with Crippen LogP contribution in [0.1, 0.15) is 20.8 Å². The highest BCUT2D eigenvalue weighted by Crippen LogP contribution is 2.31. The van der Waals surface area contributed by atoms with Gasteiger partial charge in [0.15, 0.2) is 11.2 Å². The minimum absolute atomic E-state index is 0.349. The maximum atomic E-state index is 12.6. The van der Waals surface area contributed by atoms with E-state index in [0.717, 1.165) is 21.7 Å². The van der Waals surface area contributed by atoms with Crippen molar-refractivity contribution < 1.29 is 14.3 Å². The summed E-state index contributed by atoms with van der Waals surface area (Å²) in [5, 5.41) is 3.89. The Morgan fingerprint density at radius 1 is 1.22 bits per heavy atom. The molecule has 0 unspecified atom stereocenters. The average Bonchev–Trinajstić information content (AvgIpc) is 3.02. The van der Waals surface area contributed by atoms with Gasteiger partial charge in [-0.3, -0.25) is 10.1 Å². The minimum Gasteiger partial charge on any atom is -0.448 e. The van der Waals surface area contributed by atoms with Gasteiger partial charge in [-0.05, 0) is 30.7 Å². The van der Waals surface area contributed by atoms with E-state index >= 15 is 0 Å². The molecule has 2 heterocycles. The van der Waals surface area contributed by atoms with Crippen molar-refractivity contribution in [2.24, 2.45) is 0 Å². The highest BCUT2D eigenvalue weighted by atomic mass is 35.5. The molecule has 0 radical (unpaired) electrons. The second-order valence-corrected chi connectivity index (χ2v) is 7.81. The summed E-state index contributed by atoms with van der Waals surface area (Å²) in [6.45, 7) is 1.94. The molecule has 7 heteroatoms. The number of amides is 1. The highest BCUT2D eigenvalue weighted by molar-refractivity contribution is 7.16. The van der Waals surface area contributed by atoms with Crippen molar-refractivity contribution in [3.63, 3.8) is 0 Å². The number of fused-ring (bicyclic) bond motifs is 1. The third-order valence-corrected chi connectivity index (χ3v) is 5.47. The quantitative estimate of drug-likeness (QED) is 0.660. The van der Waals surface area contributed by atoms with Crippen LogP contribution in [0.4, 0.5) is 5.13 Å². The Bertz CT molecular complexity index is 1030. The Morgan fingerprint density at radius 2 is 1.96 bits per heavy atom. The maximum Gasteiger partial charge on any atom is 0.339 e. The van der Waals surface area contributed by atoms with Crippen LogP contribution in [0.15, 0.2) is 48.5 Å². The minimum atomic E-state index is -0.865. The van der Waals surface area contributed by atoms with Crippen molar-refractivity contribution in [3.8, 4) is 11.3 Å². The number of nitrogens with zero attached hydrogens (tertiary/aromatic N) is 1. The molecule has 2 aromatic carbocycles. The molecule has 0 bridgehead atoms. The summed E-state index contributed by atoms with van der Waals surface area (Å²) in [6, 6.07) is 14.5. The van der Waals surface area contributed by atoms with Gasteiger partial charge < -0.3 is 4.74 Å². The summed E-state index contributed by atoms with van der Waals surface area (Å²) in [6.07, 6.45) is -0.516. The summed E-state index contributed by atoms with van der Waals surface area (Å²) < 4.78 is 5.29. The molecular weight excluding hydrogens is 384 g/mol. The number of ether oxygens (including phenoxy) is 1. The predicted molar refractivity (Wildman–Crippen MR) is 105 cm³/mol. The Kier molecular flexibility index (Phi) is 4.68. The number of esters is 1. The standard InChI is InChI=1S/C20H15ClN2O3S/c1-11-17(12-6-8-14(21)9-7-12)22-20(27-11)23-18(24)16-10-13-4-2-3-5-15(13)19(25)26-16/h2-9,16H,10H2,1H3,(H,22,23,24)/t16-/m1/s1. The van der Waals surface area contributed by atoms with Gasteiger partial charge in [0.25, 0.3) is 5.91 Å². The van der Waals surface area contributed by atoms with Crippen molar-refractivity contribution in [1.82, 2.24) is 4.98 Å². The lowest BCUT2D eigenvalue weighted by Gasteiger charge is -2.23. The lowest BCUT2D eigenvalue weighted by Crippen LogP contribution is -2.37. The Labute approximate surface area is 165 Å². The van der Waals surface area contributed by atoms with Crippen LogP contribution in [0, 0.1) is 6.92 Å². The van der Waals surface area contributed by atoms with Crippen LogP contribution in [0.25, 0.3) is 11.3 Å². The van der Waals surface area contributed by atoms with E-state index in [1.54, 1.807) is 24.3 Å². The van der Waals surface area contributed by atoms with Gasteiger partial charge in [0.05, 0.1) is 11.3 Å². The first-order chi connectivity index (χ1) is 13.0.